The van der Waals surface area contributed by atoms with Gasteiger partial charge in [-0.25, -0.2) is 9.36 Å². The fourth-order valence-corrected chi connectivity index (χ4v) is 5.55. The number of hydrogen-bond donors (Lipinski definition) is 4. The van der Waals surface area contributed by atoms with Gasteiger partial charge in [-0.15, -0.1) is 0 Å². The van der Waals surface area contributed by atoms with E-state index in [0.29, 0.717) is 44.2 Å². The van der Waals surface area contributed by atoms with Gasteiger partial charge in [0.15, 0.2) is 0 Å². The highest BCUT2D eigenvalue weighted by Crippen LogP contribution is 2.28. The van der Waals surface area contributed by atoms with Gasteiger partial charge in [0.2, 0.25) is 11.8 Å². The first-order valence-electron chi connectivity index (χ1n) is 14.2. The van der Waals surface area contributed by atoms with E-state index < -0.39 is 35.2 Å². The summed E-state index contributed by atoms with van der Waals surface area (Å²) in [7, 11) is 0. The van der Waals surface area contributed by atoms with Crippen molar-refractivity contribution in [3.05, 3.63) is 81.0 Å². The van der Waals surface area contributed by atoms with Crippen molar-refractivity contribution in [2.45, 2.75) is 64.5 Å². The van der Waals surface area contributed by atoms with Gasteiger partial charge in [0.05, 0.1) is 16.8 Å². The maximum Gasteiger partial charge on any atom is 0.329 e. The van der Waals surface area contributed by atoms with Crippen molar-refractivity contribution in [1.29, 1.82) is 0 Å². The molecule has 0 saturated heterocycles. The van der Waals surface area contributed by atoms with Crippen LogP contribution in [-0.2, 0) is 20.8 Å². The van der Waals surface area contributed by atoms with E-state index >= 15 is 0 Å². The van der Waals surface area contributed by atoms with E-state index in [4.69, 9.17) is 0 Å². The highest BCUT2D eigenvalue weighted by atomic mass is 16.4. The van der Waals surface area contributed by atoms with Gasteiger partial charge in [0.1, 0.15) is 12.1 Å². The third-order valence-corrected chi connectivity index (χ3v) is 7.82. The first-order chi connectivity index (χ1) is 19.6. The molecule has 4 rings (SSSR count). The average molecular weight is 563 g/mol. The molecule has 0 spiro atoms. The number of rotatable bonds is 11. The molecular weight excluding hydrogens is 524 g/mol. The number of carbonyl (C=O) groups excluding carboxylic acids is 2. The SMILES string of the molecule is CC(C)CC(NC(=O)C(Cc1ccccc1)n1c(=O)[nH]c2ccccc2c1=O)C(=O)NCC1CCC(C(=O)O)CC1. The van der Waals surface area contributed by atoms with Crippen LogP contribution in [-0.4, -0.2) is 45.0 Å². The van der Waals surface area contributed by atoms with Crippen LogP contribution in [0.25, 0.3) is 10.9 Å². The summed E-state index contributed by atoms with van der Waals surface area (Å²) in [5.41, 5.74) is -0.144. The zero-order chi connectivity index (χ0) is 29.5. The van der Waals surface area contributed by atoms with Crippen LogP contribution in [0.4, 0.5) is 0 Å². The van der Waals surface area contributed by atoms with Crippen LogP contribution < -0.4 is 21.9 Å². The maximum absolute atomic E-state index is 13.8. The summed E-state index contributed by atoms with van der Waals surface area (Å²) in [5.74, 6) is -1.80. The molecule has 2 aromatic carbocycles. The van der Waals surface area contributed by atoms with Gasteiger partial charge in [0.25, 0.3) is 5.56 Å². The Morgan fingerprint density at radius 1 is 0.951 bits per heavy atom. The lowest BCUT2D eigenvalue weighted by molar-refractivity contribution is -0.143. The highest BCUT2D eigenvalue weighted by molar-refractivity contribution is 5.89. The Bertz CT molecular complexity index is 1490. The van der Waals surface area contributed by atoms with E-state index in [-0.39, 0.29) is 35.5 Å². The second kappa shape index (κ2) is 13.4. The van der Waals surface area contributed by atoms with E-state index in [1.807, 2.05) is 44.2 Å². The quantitative estimate of drug-likeness (QED) is 0.282. The smallest absolute Gasteiger partial charge is 0.329 e. The number of nitrogens with one attached hydrogen (secondary N) is 3. The number of amides is 2. The maximum atomic E-state index is 13.8. The minimum atomic E-state index is -1.19. The normalized spacial score (nSPS) is 18.5. The Hall–Kier alpha value is -4.21. The molecule has 0 aliphatic heterocycles. The number of aliphatic carboxylic acids is 1. The van der Waals surface area contributed by atoms with Crippen molar-refractivity contribution in [3.63, 3.8) is 0 Å². The molecule has 1 heterocycles. The molecule has 3 aromatic rings. The fourth-order valence-electron chi connectivity index (χ4n) is 5.55. The van der Waals surface area contributed by atoms with E-state index in [1.54, 1.807) is 24.3 Å². The predicted octanol–water partition coefficient (Wildman–Crippen LogP) is 3.01. The summed E-state index contributed by atoms with van der Waals surface area (Å²) in [4.78, 5) is 67.7. The largest absolute Gasteiger partial charge is 0.481 e. The number of nitrogens with zero attached hydrogens (tertiary/aromatic N) is 1. The Morgan fingerprint density at radius 3 is 2.27 bits per heavy atom. The highest BCUT2D eigenvalue weighted by Gasteiger charge is 2.31. The van der Waals surface area contributed by atoms with Gasteiger partial charge in [-0.1, -0.05) is 56.3 Å². The third-order valence-electron chi connectivity index (χ3n) is 7.82. The molecule has 218 valence electrons. The first-order valence-corrected chi connectivity index (χ1v) is 14.2. The molecule has 10 nitrogen and oxygen atoms in total. The Balaban J connectivity index is 1.56. The van der Waals surface area contributed by atoms with E-state index in [9.17, 15) is 29.1 Å². The van der Waals surface area contributed by atoms with Gasteiger partial charge in [-0.05, 0) is 61.6 Å². The van der Waals surface area contributed by atoms with Crippen LogP contribution in [0.15, 0.2) is 64.2 Å². The zero-order valence-electron chi connectivity index (χ0n) is 23.5. The van der Waals surface area contributed by atoms with Gasteiger partial charge in [-0.3, -0.25) is 19.2 Å². The molecule has 0 bridgehead atoms. The number of benzene rings is 2. The Labute approximate surface area is 238 Å². The van der Waals surface area contributed by atoms with Crippen LogP contribution >= 0.6 is 0 Å². The molecule has 4 N–H and O–H groups in total. The third kappa shape index (κ3) is 7.50. The Kier molecular flexibility index (Phi) is 9.75. The van der Waals surface area contributed by atoms with Crippen molar-refractivity contribution < 1.29 is 19.5 Å². The minimum absolute atomic E-state index is 0.0800. The second-order valence-electron chi connectivity index (χ2n) is 11.3. The van der Waals surface area contributed by atoms with Crippen LogP contribution in [0.2, 0.25) is 0 Å². The fraction of sp³-hybridized carbons (Fsp3) is 0.452. The molecule has 1 fully saturated rings. The van der Waals surface area contributed by atoms with Crippen molar-refractivity contribution >= 4 is 28.7 Å². The summed E-state index contributed by atoms with van der Waals surface area (Å²) < 4.78 is 0.940. The molecule has 1 aliphatic carbocycles. The summed E-state index contributed by atoms with van der Waals surface area (Å²) in [5, 5.41) is 15.3. The number of H-pyrrole nitrogens is 1. The molecule has 0 radical (unpaired) electrons. The summed E-state index contributed by atoms with van der Waals surface area (Å²) >= 11 is 0. The molecule has 10 heteroatoms. The number of aromatic nitrogens is 2. The number of aromatic amines is 1. The molecule has 2 atom stereocenters. The topological polar surface area (TPSA) is 150 Å². The van der Waals surface area contributed by atoms with Gasteiger partial charge in [0, 0.05) is 13.0 Å². The van der Waals surface area contributed by atoms with Crippen molar-refractivity contribution in [2.24, 2.45) is 17.8 Å². The van der Waals surface area contributed by atoms with Crippen LogP contribution in [0, 0.1) is 17.8 Å². The molecule has 1 aliphatic rings. The molecule has 1 aromatic heterocycles. The summed E-state index contributed by atoms with van der Waals surface area (Å²) in [6.45, 7) is 4.28. The van der Waals surface area contributed by atoms with E-state index in [0.717, 1.165) is 10.1 Å². The van der Waals surface area contributed by atoms with Gasteiger partial charge in [-0.2, -0.15) is 0 Å². The van der Waals surface area contributed by atoms with Crippen LogP contribution in [0.3, 0.4) is 0 Å². The van der Waals surface area contributed by atoms with Crippen molar-refractivity contribution in [1.82, 2.24) is 20.2 Å². The number of carboxylic acids is 1. The van der Waals surface area contributed by atoms with Crippen LogP contribution in [0.5, 0.6) is 0 Å². The number of carboxylic acid groups (broad SMARTS) is 1. The second-order valence-corrected chi connectivity index (χ2v) is 11.3. The number of carbonyl (C=O) groups is 3. The lowest BCUT2D eigenvalue weighted by Crippen LogP contribution is -2.52. The molecule has 2 amide bonds. The molecule has 2 unspecified atom stereocenters. The standard InChI is InChI=1S/C31H38N4O6/c1-19(2)16-25(27(36)32-18-21-12-14-22(15-13-21)30(39)40)33-28(37)26(17-20-8-4-3-5-9-20)35-29(38)23-10-6-7-11-24(23)34-31(35)41/h3-11,19,21-22,25-26H,12-18H2,1-2H3,(H,32,36)(H,33,37)(H,34,41)(H,39,40). The summed E-state index contributed by atoms with van der Waals surface area (Å²) in [6.07, 6.45) is 3.04. The molecule has 1 saturated carbocycles. The average Bonchev–Trinajstić information content (AvgIpc) is 2.95. The molecule has 41 heavy (non-hydrogen) atoms. The van der Waals surface area contributed by atoms with Crippen LogP contribution in [0.1, 0.15) is 57.6 Å². The number of para-hydroxylation sites is 1. The summed E-state index contributed by atoms with van der Waals surface area (Å²) in [6, 6.07) is 13.7. The molecular formula is C31H38N4O6. The van der Waals surface area contributed by atoms with Gasteiger partial charge >= 0.3 is 11.7 Å². The zero-order valence-corrected chi connectivity index (χ0v) is 23.5. The van der Waals surface area contributed by atoms with E-state index in [2.05, 4.69) is 15.6 Å². The van der Waals surface area contributed by atoms with Gasteiger partial charge < -0.3 is 20.7 Å². The number of hydrogen-bond acceptors (Lipinski definition) is 5. The monoisotopic (exact) mass is 562 g/mol. The predicted molar refractivity (Wildman–Crippen MR) is 155 cm³/mol. The lowest BCUT2D eigenvalue weighted by Gasteiger charge is -2.28. The number of fused-ring (bicyclic) bond motifs is 1. The van der Waals surface area contributed by atoms with E-state index in [1.165, 1.54) is 0 Å². The lowest BCUT2D eigenvalue weighted by atomic mass is 9.82. The van der Waals surface area contributed by atoms with Crippen molar-refractivity contribution in [2.75, 3.05) is 6.54 Å². The first kappa shape index (κ1) is 29.8. The Morgan fingerprint density at radius 2 is 1.61 bits per heavy atom. The minimum Gasteiger partial charge on any atom is -0.481 e. The van der Waals surface area contributed by atoms with Crippen molar-refractivity contribution in [3.8, 4) is 0 Å².